The number of aliphatic carboxylic acids is 2. The van der Waals surface area contributed by atoms with Crippen molar-refractivity contribution < 1.29 is 39.0 Å². The number of nitro benzene ring substituents is 1. The Labute approximate surface area is 195 Å². The third-order valence-electron chi connectivity index (χ3n) is 5.05. The first-order valence-corrected chi connectivity index (χ1v) is 10.1. The van der Waals surface area contributed by atoms with Crippen LogP contribution in [-0.4, -0.2) is 83.2 Å². The molecule has 34 heavy (non-hydrogen) atoms. The summed E-state index contributed by atoms with van der Waals surface area (Å²) in [6, 6.07) is 11.5. The first kappa shape index (κ1) is 26.1. The summed E-state index contributed by atoms with van der Waals surface area (Å²) in [5.41, 5.74) is 1.49. The molecule has 0 saturated carbocycles. The number of amides is 1. The average Bonchev–Trinajstić information content (AvgIpc) is 2.84. The van der Waals surface area contributed by atoms with Gasteiger partial charge in [-0.25, -0.2) is 9.59 Å². The lowest BCUT2D eigenvalue weighted by molar-refractivity contribution is -0.384. The van der Waals surface area contributed by atoms with Gasteiger partial charge in [0.25, 0.3) is 11.6 Å². The minimum absolute atomic E-state index is 0.0198. The summed E-state index contributed by atoms with van der Waals surface area (Å²) < 4.78 is 10.8. The van der Waals surface area contributed by atoms with Gasteiger partial charge in [0.05, 0.1) is 19.1 Å². The van der Waals surface area contributed by atoms with E-state index in [4.69, 9.17) is 29.3 Å². The van der Waals surface area contributed by atoms with Gasteiger partial charge in [0.15, 0.2) is 11.5 Å². The van der Waals surface area contributed by atoms with Crippen LogP contribution in [0, 0.1) is 10.1 Å². The largest absolute Gasteiger partial charge is 0.493 e. The van der Waals surface area contributed by atoms with Crippen molar-refractivity contribution in [2.75, 3.05) is 40.4 Å². The van der Waals surface area contributed by atoms with Crippen LogP contribution >= 0.6 is 0 Å². The Bertz CT molecular complexity index is 1020. The maximum absolute atomic E-state index is 12.6. The number of methoxy groups -OCH3 is 2. The van der Waals surface area contributed by atoms with Crippen LogP contribution in [0.4, 0.5) is 5.69 Å². The van der Waals surface area contributed by atoms with Crippen molar-refractivity contribution in [1.82, 2.24) is 9.80 Å². The van der Waals surface area contributed by atoms with E-state index >= 15 is 0 Å². The summed E-state index contributed by atoms with van der Waals surface area (Å²) in [5, 5.41) is 25.5. The quantitative estimate of drug-likeness (QED) is 0.358. The summed E-state index contributed by atoms with van der Waals surface area (Å²) in [5.74, 6) is -2.32. The Morgan fingerprint density at radius 3 is 2.00 bits per heavy atom. The fourth-order valence-electron chi connectivity index (χ4n) is 3.34. The number of non-ortho nitro benzene ring substituents is 1. The zero-order valence-corrected chi connectivity index (χ0v) is 18.7. The second-order valence-electron chi connectivity index (χ2n) is 7.14. The lowest BCUT2D eigenvalue weighted by Crippen LogP contribution is -2.48. The number of hydrogen-bond acceptors (Lipinski definition) is 8. The van der Waals surface area contributed by atoms with E-state index in [-0.39, 0.29) is 11.6 Å². The summed E-state index contributed by atoms with van der Waals surface area (Å²) in [6.07, 6.45) is 0. The molecule has 1 heterocycles. The molecule has 1 amide bonds. The Morgan fingerprint density at radius 2 is 1.53 bits per heavy atom. The summed E-state index contributed by atoms with van der Waals surface area (Å²) in [4.78, 5) is 45.1. The van der Waals surface area contributed by atoms with Gasteiger partial charge in [-0.3, -0.25) is 19.8 Å². The summed E-state index contributed by atoms with van der Waals surface area (Å²) in [6.45, 7) is 3.38. The third-order valence-corrected chi connectivity index (χ3v) is 5.05. The second kappa shape index (κ2) is 12.2. The number of ether oxygens (including phenoxy) is 2. The number of rotatable bonds is 6. The molecule has 0 spiro atoms. The van der Waals surface area contributed by atoms with Crippen LogP contribution in [0.15, 0.2) is 42.5 Å². The monoisotopic (exact) mass is 475 g/mol. The van der Waals surface area contributed by atoms with Crippen LogP contribution < -0.4 is 9.47 Å². The lowest BCUT2D eigenvalue weighted by atomic mass is 10.1. The van der Waals surface area contributed by atoms with Crippen molar-refractivity contribution in [3.8, 4) is 11.5 Å². The van der Waals surface area contributed by atoms with Gasteiger partial charge in [0.1, 0.15) is 0 Å². The number of hydrogen-bond donors (Lipinski definition) is 2. The molecule has 1 aliphatic rings. The van der Waals surface area contributed by atoms with E-state index in [1.54, 1.807) is 19.1 Å². The smallest absolute Gasteiger partial charge is 0.414 e. The molecule has 1 fully saturated rings. The molecule has 0 radical (unpaired) electrons. The molecule has 0 bridgehead atoms. The minimum atomic E-state index is -1.82. The molecule has 12 heteroatoms. The van der Waals surface area contributed by atoms with E-state index in [1.165, 1.54) is 24.3 Å². The van der Waals surface area contributed by atoms with Crippen LogP contribution in [0.5, 0.6) is 11.5 Å². The highest BCUT2D eigenvalue weighted by Crippen LogP contribution is 2.31. The number of nitro groups is 1. The maximum Gasteiger partial charge on any atom is 0.414 e. The Hall–Kier alpha value is -4.19. The minimum Gasteiger partial charge on any atom is -0.493 e. The van der Waals surface area contributed by atoms with Crippen molar-refractivity contribution >= 4 is 23.5 Å². The Morgan fingerprint density at radius 1 is 0.941 bits per heavy atom. The van der Waals surface area contributed by atoms with Crippen LogP contribution in [-0.2, 0) is 16.1 Å². The molecule has 0 aliphatic carbocycles. The van der Waals surface area contributed by atoms with Gasteiger partial charge < -0.3 is 24.6 Å². The molecule has 0 unspecified atom stereocenters. The van der Waals surface area contributed by atoms with Crippen molar-refractivity contribution in [3.05, 3.63) is 63.7 Å². The number of carboxylic acid groups (broad SMARTS) is 2. The van der Waals surface area contributed by atoms with Crippen molar-refractivity contribution in [2.24, 2.45) is 0 Å². The molecule has 0 aromatic heterocycles. The van der Waals surface area contributed by atoms with E-state index in [0.717, 1.165) is 24.4 Å². The molecule has 1 aliphatic heterocycles. The van der Waals surface area contributed by atoms with Gasteiger partial charge in [-0.2, -0.15) is 0 Å². The molecule has 182 valence electrons. The van der Waals surface area contributed by atoms with Crippen LogP contribution in [0.2, 0.25) is 0 Å². The highest BCUT2D eigenvalue weighted by Gasteiger charge is 2.23. The lowest BCUT2D eigenvalue weighted by Gasteiger charge is -2.35. The van der Waals surface area contributed by atoms with Gasteiger partial charge in [-0.1, -0.05) is 12.1 Å². The first-order chi connectivity index (χ1) is 16.2. The highest BCUT2D eigenvalue weighted by atomic mass is 16.6. The van der Waals surface area contributed by atoms with E-state index in [2.05, 4.69) is 4.90 Å². The Balaban J connectivity index is 0.000000604. The summed E-state index contributed by atoms with van der Waals surface area (Å²) >= 11 is 0. The standard InChI is InChI=1S/C20H23N3O5.C2H2O4/c1-27-18-5-3-4-16(19(18)28-2)14-21-10-12-22(13-11-21)20(24)15-6-8-17(9-7-15)23(25)26;3-1(4)2(5)6/h3-9H,10-14H2,1-2H3;(H,3,4)(H,5,6). The topological polar surface area (TPSA) is 160 Å². The average molecular weight is 475 g/mol. The van der Waals surface area contributed by atoms with Gasteiger partial charge in [0, 0.05) is 56.0 Å². The van der Waals surface area contributed by atoms with Crippen LogP contribution in [0.1, 0.15) is 15.9 Å². The third kappa shape index (κ3) is 6.90. The molecule has 2 aromatic carbocycles. The van der Waals surface area contributed by atoms with Crippen LogP contribution in [0.3, 0.4) is 0 Å². The molecule has 1 saturated heterocycles. The number of para-hydroxylation sites is 1. The number of nitrogens with zero attached hydrogens (tertiary/aromatic N) is 3. The predicted molar refractivity (Wildman–Crippen MR) is 119 cm³/mol. The highest BCUT2D eigenvalue weighted by molar-refractivity contribution is 6.27. The molecule has 2 N–H and O–H groups in total. The summed E-state index contributed by atoms with van der Waals surface area (Å²) in [7, 11) is 3.24. The van der Waals surface area contributed by atoms with Crippen molar-refractivity contribution in [3.63, 3.8) is 0 Å². The number of carbonyl (C=O) groups excluding carboxylic acids is 1. The number of carboxylic acids is 2. The number of piperazine rings is 1. The normalized spacial score (nSPS) is 13.3. The zero-order valence-electron chi connectivity index (χ0n) is 18.7. The van der Waals surface area contributed by atoms with Gasteiger partial charge in [-0.05, 0) is 18.2 Å². The molecular formula is C22H25N3O9. The van der Waals surface area contributed by atoms with E-state index in [1.807, 2.05) is 18.2 Å². The van der Waals surface area contributed by atoms with Crippen LogP contribution in [0.25, 0.3) is 0 Å². The van der Waals surface area contributed by atoms with E-state index < -0.39 is 16.9 Å². The van der Waals surface area contributed by atoms with Gasteiger partial charge in [-0.15, -0.1) is 0 Å². The fraction of sp³-hybridized carbons (Fsp3) is 0.318. The molecular weight excluding hydrogens is 450 g/mol. The molecule has 2 aromatic rings. The molecule has 12 nitrogen and oxygen atoms in total. The Kier molecular flexibility index (Phi) is 9.32. The molecule has 0 atom stereocenters. The maximum atomic E-state index is 12.6. The number of carbonyl (C=O) groups is 3. The van der Waals surface area contributed by atoms with Crippen molar-refractivity contribution in [1.29, 1.82) is 0 Å². The van der Waals surface area contributed by atoms with E-state index in [0.29, 0.717) is 30.9 Å². The second-order valence-corrected chi connectivity index (χ2v) is 7.14. The fourth-order valence-corrected chi connectivity index (χ4v) is 3.34. The van der Waals surface area contributed by atoms with Gasteiger partial charge >= 0.3 is 11.9 Å². The van der Waals surface area contributed by atoms with Gasteiger partial charge in [0.2, 0.25) is 0 Å². The first-order valence-electron chi connectivity index (χ1n) is 10.1. The van der Waals surface area contributed by atoms with Crippen molar-refractivity contribution in [2.45, 2.75) is 6.54 Å². The zero-order chi connectivity index (χ0) is 25.3. The predicted octanol–water partition coefficient (Wildman–Crippen LogP) is 1.73. The SMILES string of the molecule is COc1cccc(CN2CCN(C(=O)c3ccc([N+](=O)[O-])cc3)CC2)c1OC.O=C(O)C(=O)O. The number of benzene rings is 2. The van der Waals surface area contributed by atoms with E-state index in [9.17, 15) is 14.9 Å². The molecule has 3 rings (SSSR count).